The predicted molar refractivity (Wildman–Crippen MR) is 71.6 cm³/mol. The Bertz CT molecular complexity index is 567. The Morgan fingerprint density at radius 3 is 2.58 bits per heavy atom. The minimum atomic E-state index is -0.488. The number of nitrogens with one attached hydrogen (secondary N) is 1. The Morgan fingerprint density at radius 1 is 1.26 bits per heavy atom. The van der Waals surface area contributed by atoms with Crippen LogP contribution in [0.3, 0.4) is 0 Å². The third-order valence-corrected chi connectivity index (χ3v) is 3.49. The van der Waals surface area contributed by atoms with E-state index in [1.165, 1.54) is 26.0 Å². The first-order valence-electron chi connectivity index (χ1n) is 6.65. The lowest BCUT2D eigenvalue weighted by Crippen LogP contribution is -2.38. The molecule has 1 aliphatic rings. The number of hydrogen-bond donors (Lipinski definition) is 1. The third-order valence-electron chi connectivity index (χ3n) is 3.49. The van der Waals surface area contributed by atoms with Gasteiger partial charge in [0.25, 0.3) is 5.56 Å². The maximum absolute atomic E-state index is 12.0. The summed E-state index contributed by atoms with van der Waals surface area (Å²) < 4.78 is 1.12. The standard InChI is InChI=1S/C13H19N3O3/c1-10(17)11-9-14-13(19)16(12(11)18)8-4-7-15-5-2-3-6-15/h9H,2-8H2,1H3,(H,14,19). The Morgan fingerprint density at radius 2 is 1.95 bits per heavy atom. The first-order chi connectivity index (χ1) is 9.09. The fourth-order valence-corrected chi connectivity index (χ4v) is 2.43. The van der Waals surface area contributed by atoms with Gasteiger partial charge in [-0.05, 0) is 45.8 Å². The van der Waals surface area contributed by atoms with Crippen LogP contribution in [0.15, 0.2) is 15.8 Å². The monoisotopic (exact) mass is 265 g/mol. The minimum absolute atomic E-state index is 0.0424. The van der Waals surface area contributed by atoms with Gasteiger partial charge in [0.05, 0.1) is 5.56 Å². The molecule has 2 rings (SSSR count). The van der Waals surface area contributed by atoms with Gasteiger partial charge in [0, 0.05) is 12.7 Å². The van der Waals surface area contributed by atoms with E-state index in [1.54, 1.807) is 0 Å². The molecule has 0 saturated carbocycles. The normalized spacial score (nSPS) is 15.8. The van der Waals surface area contributed by atoms with Crippen molar-refractivity contribution in [2.75, 3.05) is 19.6 Å². The number of Topliss-reactive ketones (excluding diaryl/α,β-unsaturated/α-hetero) is 1. The van der Waals surface area contributed by atoms with Gasteiger partial charge in [-0.1, -0.05) is 0 Å². The number of aromatic nitrogens is 2. The summed E-state index contributed by atoms with van der Waals surface area (Å²) in [7, 11) is 0. The van der Waals surface area contributed by atoms with Crippen molar-refractivity contribution in [3.05, 3.63) is 32.6 Å². The van der Waals surface area contributed by atoms with E-state index in [2.05, 4.69) is 9.88 Å². The van der Waals surface area contributed by atoms with E-state index in [0.29, 0.717) is 6.54 Å². The van der Waals surface area contributed by atoms with E-state index in [0.717, 1.165) is 30.6 Å². The van der Waals surface area contributed by atoms with Gasteiger partial charge in [0.1, 0.15) is 0 Å². The molecule has 6 nitrogen and oxygen atoms in total. The molecule has 0 unspecified atom stereocenters. The van der Waals surface area contributed by atoms with Gasteiger partial charge in [-0.3, -0.25) is 14.2 Å². The number of nitrogens with zero attached hydrogens (tertiary/aromatic N) is 2. The smallest absolute Gasteiger partial charge is 0.313 e. The number of carbonyl (C=O) groups excluding carboxylic acids is 1. The van der Waals surface area contributed by atoms with Crippen molar-refractivity contribution in [2.24, 2.45) is 0 Å². The molecule has 1 aromatic heterocycles. The Kier molecular flexibility index (Phi) is 4.31. The zero-order valence-electron chi connectivity index (χ0n) is 11.1. The minimum Gasteiger partial charge on any atom is -0.313 e. The molecule has 0 bridgehead atoms. The number of rotatable bonds is 5. The molecule has 1 fully saturated rings. The van der Waals surface area contributed by atoms with Crippen molar-refractivity contribution < 1.29 is 4.79 Å². The fraction of sp³-hybridized carbons (Fsp3) is 0.615. The lowest BCUT2D eigenvalue weighted by atomic mass is 10.2. The Hall–Kier alpha value is -1.69. The number of H-pyrrole nitrogens is 1. The van der Waals surface area contributed by atoms with Crippen LogP contribution in [0.5, 0.6) is 0 Å². The summed E-state index contributed by atoms with van der Waals surface area (Å²) in [6.07, 6.45) is 4.38. The largest absolute Gasteiger partial charge is 0.328 e. The molecule has 0 aliphatic carbocycles. The van der Waals surface area contributed by atoms with E-state index in [4.69, 9.17) is 0 Å². The molecule has 0 radical (unpaired) electrons. The molecule has 1 aromatic rings. The summed E-state index contributed by atoms with van der Waals surface area (Å²) in [6, 6.07) is 0. The first kappa shape index (κ1) is 13.7. The van der Waals surface area contributed by atoms with Crippen LogP contribution in [0.2, 0.25) is 0 Å². The number of hydrogen-bond acceptors (Lipinski definition) is 4. The van der Waals surface area contributed by atoms with E-state index >= 15 is 0 Å². The summed E-state index contributed by atoms with van der Waals surface area (Å²) >= 11 is 0. The number of carbonyl (C=O) groups is 1. The lowest BCUT2D eigenvalue weighted by molar-refractivity contribution is 0.101. The number of aromatic amines is 1. The maximum atomic E-state index is 12.0. The van der Waals surface area contributed by atoms with E-state index in [9.17, 15) is 14.4 Å². The molecule has 6 heteroatoms. The van der Waals surface area contributed by atoms with Gasteiger partial charge >= 0.3 is 5.69 Å². The molecule has 2 heterocycles. The van der Waals surface area contributed by atoms with Crippen molar-refractivity contribution in [3.63, 3.8) is 0 Å². The Labute approximate surface area is 111 Å². The van der Waals surface area contributed by atoms with Crippen molar-refractivity contribution in [1.82, 2.24) is 14.5 Å². The van der Waals surface area contributed by atoms with Gasteiger partial charge in [-0.2, -0.15) is 0 Å². The molecule has 0 atom stereocenters. The summed E-state index contributed by atoms with van der Waals surface area (Å²) in [4.78, 5) is 39.6. The van der Waals surface area contributed by atoms with Crippen LogP contribution in [0.25, 0.3) is 0 Å². The van der Waals surface area contributed by atoms with Crippen LogP contribution < -0.4 is 11.2 Å². The molecule has 1 N–H and O–H groups in total. The van der Waals surface area contributed by atoms with Gasteiger partial charge in [0.2, 0.25) is 0 Å². The Balaban J connectivity index is 2.06. The van der Waals surface area contributed by atoms with Crippen LogP contribution in [0.1, 0.15) is 36.5 Å². The van der Waals surface area contributed by atoms with Gasteiger partial charge < -0.3 is 9.88 Å². The first-order valence-corrected chi connectivity index (χ1v) is 6.65. The van der Waals surface area contributed by atoms with Gasteiger partial charge in [-0.15, -0.1) is 0 Å². The third kappa shape index (κ3) is 3.20. The SMILES string of the molecule is CC(=O)c1c[nH]c(=O)n(CCCN2CCCC2)c1=O. The van der Waals surface area contributed by atoms with Crippen LogP contribution >= 0.6 is 0 Å². The molecule has 1 aliphatic heterocycles. The predicted octanol–water partition coefficient (Wildman–Crippen LogP) is 0.225. The van der Waals surface area contributed by atoms with Crippen molar-refractivity contribution in [1.29, 1.82) is 0 Å². The molecule has 0 aromatic carbocycles. The molecular weight excluding hydrogens is 246 g/mol. The number of ketones is 1. The summed E-state index contributed by atoms with van der Waals surface area (Å²) in [6.45, 7) is 4.75. The molecular formula is C13H19N3O3. The van der Waals surface area contributed by atoms with E-state index in [-0.39, 0.29) is 11.3 Å². The van der Waals surface area contributed by atoms with Crippen molar-refractivity contribution >= 4 is 5.78 Å². The highest BCUT2D eigenvalue weighted by Gasteiger charge is 2.13. The second-order valence-electron chi connectivity index (χ2n) is 4.92. The molecule has 0 amide bonds. The zero-order chi connectivity index (χ0) is 13.8. The quantitative estimate of drug-likeness (QED) is 0.773. The van der Waals surface area contributed by atoms with Gasteiger partial charge in [0.15, 0.2) is 5.78 Å². The van der Waals surface area contributed by atoms with E-state index in [1.807, 2.05) is 0 Å². The van der Waals surface area contributed by atoms with Crippen molar-refractivity contribution in [2.45, 2.75) is 32.7 Å². The van der Waals surface area contributed by atoms with Crippen LogP contribution in [0.4, 0.5) is 0 Å². The fourth-order valence-electron chi connectivity index (χ4n) is 2.43. The molecule has 104 valence electrons. The molecule has 0 spiro atoms. The second kappa shape index (κ2) is 5.97. The maximum Gasteiger partial charge on any atom is 0.328 e. The summed E-state index contributed by atoms with van der Waals surface area (Å²) in [5.41, 5.74) is -0.894. The molecule has 1 saturated heterocycles. The van der Waals surface area contributed by atoms with Crippen LogP contribution in [-0.2, 0) is 6.54 Å². The summed E-state index contributed by atoms with van der Waals surface area (Å²) in [5.74, 6) is -0.324. The van der Waals surface area contributed by atoms with Crippen molar-refractivity contribution in [3.8, 4) is 0 Å². The summed E-state index contributed by atoms with van der Waals surface area (Å²) in [5, 5.41) is 0. The average Bonchev–Trinajstić information content (AvgIpc) is 2.86. The molecule has 19 heavy (non-hydrogen) atoms. The van der Waals surface area contributed by atoms with Crippen LogP contribution in [0, 0.1) is 0 Å². The van der Waals surface area contributed by atoms with Crippen LogP contribution in [-0.4, -0.2) is 39.9 Å². The topological polar surface area (TPSA) is 75.2 Å². The van der Waals surface area contributed by atoms with E-state index < -0.39 is 11.2 Å². The zero-order valence-corrected chi connectivity index (χ0v) is 11.1. The highest BCUT2D eigenvalue weighted by atomic mass is 16.2. The highest BCUT2D eigenvalue weighted by molar-refractivity contribution is 5.93. The lowest BCUT2D eigenvalue weighted by Gasteiger charge is -2.14. The number of likely N-dealkylation sites (tertiary alicyclic amines) is 1. The average molecular weight is 265 g/mol. The highest BCUT2D eigenvalue weighted by Crippen LogP contribution is 2.07. The second-order valence-corrected chi connectivity index (χ2v) is 4.92. The van der Waals surface area contributed by atoms with Gasteiger partial charge in [-0.25, -0.2) is 4.79 Å².